The second-order valence-corrected chi connectivity index (χ2v) is 6.01. The minimum atomic E-state index is -4.62. The lowest BCUT2D eigenvalue weighted by Gasteiger charge is -2.18. The molecule has 2 aromatic rings. The molecule has 0 spiro atoms. The number of alkyl halides is 3. The number of nitrogens with zero attached hydrogens (tertiary/aromatic N) is 1. The summed E-state index contributed by atoms with van der Waals surface area (Å²) in [6.07, 6.45) is -5.42. The third-order valence-corrected chi connectivity index (χ3v) is 3.73. The van der Waals surface area contributed by atoms with Gasteiger partial charge in [0.15, 0.2) is 0 Å². The maximum atomic E-state index is 12.8. The van der Waals surface area contributed by atoms with E-state index in [0.717, 1.165) is 12.1 Å². The number of carbonyl (C=O) groups is 3. The standard InChI is InChI=1S/C19H15F3N4O4/c20-19(21,22)12-2-1-3-14(8-12)24-17(29)15(9-16(27)28)26-18(30)25-13-6-4-11(10-23)5-7-13/h1-8,15H,9H2,(H,24,29)(H,27,28)(H2,25,26,30)/t15-/m0/s1. The Bertz CT molecular complexity index is 985. The first kappa shape index (κ1) is 22.2. The smallest absolute Gasteiger partial charge is 0.416 e. The normalized spacial score (nSPS) is 11.7. The number of carbonyl (C=O) groups excluding carboxylic acids is 2. The van der Waals surface area contributed by atoms with E-state index < -0.39 is 42.1 Å². The molecule has 0 aliphatic heterocycles. The van der Waals surface area contributed by atoms with Crippen molar-refractivity contribution >= 4 is 29.3 Å². The van der Waals surface area contributed by atoms with Gasteiger partial charge >= 0.3 is 18.2 Å². The maximum Gasteiger partial charge on any atom is 0.416 e. The molecule has 0 saturated heterocycles. The van der Waals surface area contributed by atoms with Crippen LogP contribution in [0.25, 0.3) is 0 Å². The molecule has 4 N–H and O–H groups in total. The largest absolute Gasteiger partial charge is 0.481 e. The average Bonchev–Trinajstić information content (AvgIpc) is 2.67. The number of amides is 3. The summed E-state index contributed by atoms with van der Waals surface area (Å²) >= 11 is 0. The fraction of sp³-hybridized carbons (Fsp3) is 0.158. The van der Waals surface area contributed by atoms with Gasteiger partial charge in [-0.05, 0) is 42.5 Å². The molecule has 8 nitrogen and oxygen atoms in total. The molecule has 3 amide bonds. The Labute approximate surface area is 168 Å². The molecule has 11 heteroatoms. The van der Waals surface area contributed by atoms with Gasteiger partial charge in [0.1, 0.15) is 6.04 Å². The Morgan fingerprint density at radius 3 is 2.27 bits per heavy atom. The first-order chi connectivity index (χ1) is 14.1. The molecule has 0 fully saturated rings. The zero-order valence-corrected chi connectivity index (χ0v) is 15.2. The highest BCUT2D eigenvalue weighted by Gasteiger charge is 2.31. The number of aliphatic carboxylic acids is 1. The number of hydrogen-bond acceptors (Lipinski definition) is 4. The highest BCUT2D eigenvalue weighted by molar-refractivity contribution is 6.00. The van der Waals surface area contributed by atoms with Crippen LogP contribution in [-0.2, 0) is 15.8 Å². The van der Waals surface area contributed by atoms with Crippen molar-refractivity contribution in [2.24, 2.45) is 0 Å². The summed E-state index contributed by atoms with van der Waals surface area (Å²) in [4.78, 5) is 35.5. The molecule has 1 atom stereocenters. The predicted octanol–water partition coefficient (Wildman–Crippen LogP) is 3.18. The van der Waals surface area contributed by atoms with E-state index in [4.69, 9.17) is 10.4 Å². The summed E-state index contributed by atoms with van der Waals surface area (Å²) in [6.45, 7) is 0. The Morgan fingerprint density at radius 2 is 1.70 bits per heavy atom. The number of halogens is 3. The molecule has 0 heterocycles. The molecule has 30 heavy (non-hydrogen) atoms. The van der Waals surface area contributed by atoms with Gasteiger partial charge in [0.25, 0.3) is 0 Å². The zero-order chi connectivity index (χ0) is 22.3. The van der Waals surface area contributed by atoms with Crippen molar-refractivity contribution in [2.45, 2.75) is 18.6 Å². The van der Waals surface area contributed by atoms with E-state index in [1.807, 2.05) is 6.07 Å². The van der Waals surface area contributed by atoms with Gasteiger partial charge in [-0.15, -0.1) is 0 Å². The quantitative estimate of drug-likeness (QED) is 0.570. The molecular weight excluding hydrogens is 405 g/mol. The Morgan fingerprint density at radius 1 is 1.03 bits per heavy atom. The van der Waals surface area contributed by atoms with Crippen LogP contribution in [0.15, 0.2) is 48.5 Å². The van der Waals surface area contributed by atoms with E-state index in [-0.39, 0.29) is 11.4 Å². The highest BCUT2D eigenvalue weighted by Crippen LogP contribution is 2.30. The summed E-state index contributed by atoms with van der Waals surface area (Å²) in [5.41, 5.74) is -0.579. The average molecular weight is 420 g/mol. The molecule has 0 radical (unpaired) electrons. The number of rotatable bonds is 6. The van der Waals surface area contributed by atoms with Crippen LogP contribution in [0, 0.1) is 11.3 Å². The molecule has 2 aromatic carbocycles. The summed E-state index contributed by atoms with van der Waals surface area (Å²) in [7, 11) is 0. The Hall–Kier alpha value is -4.07. The van der Waals surface area contributed by atoms with E-state index in [0.29, 0.717) is 11.6 Å². The van der Waals surface area contributed by atoms with Gasteiger partial charge in [0.2, 0.25) is 5.91 Å². The summed E-state index contributed by atoms with van der Waals surface area (Å²) in [5, 5.41) is 24.4. The number of urea groups is 1. The van der Waals surface area contributed by atoms with Crippen LogP contribution >= 0.6 is 0 Å². The summed E-state index contributed by atoms with van der Waals surface area (Å²) < 4.78 is 38.4. The van der Waals surface area contributed by atoms with Crippen LogP contribution in [-0.4, -0.2) is 29.1 Å². The van der Waals surface area contributed by atoms with Crippen LogP contribution < -0.4 is 16.0 Å². The fourth-order valence-electron chi connectivity index (χ4n) is 2.34. The van der Waals surface area contributed by atoms with E-state index in [2.05, 4.69) is 16.0 Å². The van der Waals surface area contributed by atoms with Crippen LogP contribution in [0.2, 0.25) is 0 Å². The van der Waals surface area contributed by atoms with Crippen molar-refractivity contribution in [3.63, 3.8) is 0 Å². The van der Waals surface area contributed by atoms with Crippen molar-refractivity contribution in [3.05, 3.63) is 59.7 Å². The highest BCUT2D eigenvalue weighted by atomic mass is 19.4. The van der Waals surface area contributed by atoms with Crippen LogP contribution in [0.1, 0.15) is 17.5 Å². The lowest BCUT2D eigenvalue weighted by atomic mass is 10.1. The molecule has 0 saturated carbocycles. The number of nitriles is 1. The van der Waals surface area contributed by atoms with Crippen molar-refractivity contribution in [1.29, 1.82) is 5.26 Å². The Kier molecular flexibility index (Phi) is 6.98. The summed E-state index contributed by atoms with van der Waals surface area (Å²) in [5.74, 6) is -2.41. The van der Waals surface area contributed by atoms with Crippen LogP contribution in [0.4, 0.5) is 29.3 Å². The number of benzene rings is 2. The van der Waals surface area contributed by atoms with E-state index >= 15 is 0 Å². The third-order valence-electron chi connectivity index (χ3n) is 3.73. The van der Waals surface area contributed by atoms with Crippen molar-refractivity contribution in [1.82, 2.24) is 5.32 Å². The van der Waals surface area contributed by atoms with Gasteiger partial charge in [-0.25, -0.2) is 4.79 Å². The van der Waals surface area contributed by atoms with Crippen molar-refractivity contribution < 1.29 is 32.7 Å². The maximum absolute atomic E-state index is 12.8. The monoisotopic (exact) mass is 420 g/mol. The number of hydrogen-bond donors (Lipinski definition) is 4. The SMILES string of the molecule is N#Cc1ccc(NC(=O)N[C@@H](CC(=O)O)C(=O)Nc2cccc(C(F)(F)F)c2)cc1. The van der Waals surface area contributed by atoms with Crippen molar-refractivity contribution in [2.75, 3.05) is 10.6 Å². The van der Waals surface area contributed by atoms with Gasteiger partial charge in [0.05, 0.1) is 23.6 Å². The molecule has 0 aliphatic carbocycles. The molecule has 0 bridgehead atoms. The van der Waals surface area contributed by atoms with Gasteiger partial charge in [-0.2, -0.15) is 18.4 Å². The van der Waals surface area contributed by atoms with Gasteiger partial charge in [0, 0.05) is 11.4 Å². The predicted molar refractivity (Wildman–Crippen MR) is 99.4 cm³/mol. The number of nitrogens with one attached hydrogen (secondary N) is 3. The molecule has 0 unspecified atom stereocenters. The van der Waals surface area contributed by atoms with Crippen molar-refractivity contribution in [3.8, 4) is 6.07 Å². The first-order valence-electron chi connectivity index (χ1n) is 8.36. The third kappa shape index (κ3) is 6.52. The Balaban J connectivity index is 2.08. The number of carboxylic acid groups (broad SMARTS) is 1. The summed E-state index contributed by atoms with van der Waals surface area (Å²) in [6, 6.07) is 8.92. The molecule has 0 aliphatic rings. The lowest BCUT2D eigenvalue weighted by Crippen LogP contribution is -2.46. The number of anilines is 2. The molecule has 0 aromatic heterocycles. The minimum absolute atomic E-state index is 0.209. The fourth-order valence-corrected chi connectivity index (χ4v) is 2.34. The van der Waals surface area contributed by atoms with E-state index in [1.54, 1.807) is 0 Å². The van der Waals surface area contributed by atoms with Crippen LogP contribution in [0.5, 0.6) is 0 Å². The minimum Gasteiger partial charge on any atom is -0.481 e. The van der Waals surface area contributed by atoms with Gasteiger partial charge in [-0.3, -0.25) is 9.59 Å². The molecule has 156 valence electrons. The van der Waals surface area contributed by atoms with E-state index in [1.165, 1.54) is 30.3 Å². The van der Waals surface area contributed by atoms with Gasteiger partial charge < -0.3 is 21.1 Å². The molecular formula is C19H15F3N4O4. The second-order valence-electron chi connectivity index (χ2n) is 6.01. The first-order valence-corrected chi connectivity index (χ1v) is 8.36. The second kappa shape index (κ2) is 9.42. The van der Waals surface area contributed by atoms with Crippen LogP contribution in [0.3, 0.4) is 0 Å². The molecule has 2 rings (SSSR count). The number of carboxylic acids is 1. The van der Waals surface area contributed by atoms with Gasteiger partial charge in [-0.1, -0.05) is 6.07 Å². The zero-order valence-electron chi connectivity index (χ0n) is 15.2. The van der Waals surface area contributed by atoms with E-state index in [9.17, 15) is 27.6 Å². The topological polar surface area (TPSA) is 131 Å². The lowest BCUT2D eigenvalue weighted by molar-refractivity contribution is -0.139.